The van der Waals surface area contributed by atoms with E-state index in [4.69, 9.17) is 16.7 Å². The molecule has 156 valence electrons. The predicted octanol–water partition coefficient (Wildman–Crippen LogP) is 6.29. The van der Waals surface area contributed by atoms with Gasteiger partial charge in [-0.05, 0) is 87.2 Å². The number of aromatic carboxylic acids is 1. The Morgan fingerprint density at radius 3 is 2.79 bits per heavy atom. The summed E-state index contributed by atoms with van der Waals surface area (Å²) in [6.45, 7) is 2.20. The van der Waals surface area contributed by atoms with Crippen LogP contribution in [0.15, 0.2) is 24.3 Å². The lowest BCUT2D eigenvalue weighted by molar-refractivity contribution is -0.0355. The normalized spacial score (nSPS) is 27.8. The number of aryl methyl sites for hydroxylation is 1. The fourth-order valence-corrected chi connectivity index (χ4v) is 6.31. The monoisotopic (exact) mass is 424 g/mol. The highest BCUT2D eigenvalue weighted by Crippen LogP contribution is 2.48. The zero-order valence-corrected chi connectivity index (χ0v) is 18.4. The third-order valence-corrected chi connectivity index (χ3v) is 8.77. The van der Waals surface area contributed by atoms with Crippen molar-refractivity contribution in [1.82, 2.24) is 0 Å². The Morgan fingerprint density at radius 2 is 2.18 bits per heavy atom. The van der Waals surface area contributed by atoms with Crippen molar-refractivity contribution in [3.8, 4) is 0 Å². The van der Waals surface area contributed by atoms with Crippen LogP contribution in [0, 0.1) is 17.3 Å². The highest BCUT2D eigenvalue weighted by Gasteiger charge is 2.41. The average molecular weight is 425 g/mol. The molecule has 0 saturated heterocycles. The zero-order chi connectivity index (χ0) is 20.1. The van der Waals surface area contributed by atoms with Gasteiger partial charge in [-0.1, -0.05) is 25.5 Å². The quantitative estimate of drug-likeness (QED) is 0.342. The lowest BCUT2D eigenvalue weighted by atomic mass is 9.63. The Balaban J connectivity index is 1.47. The molecular weight excluding hydrogens is 392 g/mol. The molecule has 0 radical (unpaired) electrons. The number of thiophene rings is 1. The van der Waals surface area contributed by atoms with Crippen LogP contribution >= 0.6 is 22.9 Å². The van der Waals surface area contributed by atoms with Gasteiger partial charge in [0.05, 0.1) is 6.10 Å². The second-order valence-electron chi connectivity index (χ2n) is 8.64. The number of alkyl halides is 1. The summed E-state index contributed by atoms with van der Waals surface area (Å²) in [5.74, 6) is 0.153. The van der Waals surface area contributed by atoms with Gasteiger partial charge < -0.3 is 10.2 Å². The van der Waals surface area contributed by atoms with Crippen molar-refractivity contribution in [2.45, 2.75) is 82.6 Å². The molecule has 1 aromatic rings. The highest BCUT2D eigenvalue weighted by atomic mass is 35.5. The van der Waals surface area contributed by atoms with E-state index in [9.17, 15) is 9.90 Å². The zero-order valence-electron chi connectivity index (χ0n) is 16.8. The van der Waals surface area contributed by atoms with E-state index in [0.717, 1.165) is 62.7 Å². The van der Waals surface area contributed by atoms with E-state index in [1.54, 1.807) is 6.07 Å². The van der Waals surface area contributed by atoms with E-state index in [1.165, 1.54) is 17.8 Å². The van der Waals surface area contributed by atoms with Crippen molar-refractivity contribution in [3.63, 3.8) is 0 Å². The Morgan fingerprint density at radius 1 is 1.39 bits per heavy atom. The number of carboxylic acids is 1. The number of hydrogen-bond acceptors (Lipinski definition) is 3. The summed E-state index contributed by atoms with van der Waals surface area (Å²) in [5.41, 5.74) is 0.162. The molecule has 2 aliphatic carbocycles. The molecule has 28 heavy (non-hydrogen) atoms. The average Bonchev–Trinajstić information content (AvgIpc) is 3.23. The first kappa shape index (κ1) is 21.9. The van der Waals surface area contributed by atoms with Crippen LogP contribution in [0.25, 0.3) is 0 Å². The van der Waals surface area contributed by atoms with Gasteiger partial charge in [0.15, 0.2) is 0 Å². The van der Waals surface area contributed by atoms with Crippen LogP contribution < -0.4 is 0 Å². The van der Waals surface area contributed by atoms with Gasteiger partial charge in [0.25, 0.3) is 0 Å². The van der Waals surface area contributed by atoms with Gasteiger partial charge in [0.1, 0.15) is 4.88 Å². The van der Waals surface area contributed by atoms with Gasteiger partial charge in [-0.25, -0.2) is 4.79 Å². The molecule has 3 nitrogen and oxygen atoms in total. The van der Waals surface area contributed by atoms with E-state index in [2.05, 4.69) is 19.1 Å². The number of aliphatic hydroxyl groups excluding tert-OH is 1. The molecule has 0 aliphatic heterocycles. The van der Waals surface area contributed by atoms with Crippen molar-refractivity contribution in [3.05, 3.63) is 34.0 Å². The van der Waals surface area contributed by atoms with Crippen LogP contribution in [0.2, 0.25) is 0 Å². The fourth-order valence-electron chi connectivity index (χ4n) is 5.00. The van der Waals surface area contributed by atoms with Crippen molar-refractivity contribution in [2.75, 3.05) is 0 Å². The van der Waals surface area contributed by atoms with Crippen molar-refractivity contribution in [2.24, 2.45) is 17.3 Å². The molecule has 3 rings (SSSR count). The van der Waals surface area contributed by atoms with E-state index < -0.39 is 5.97 Å². The number of aliphatic hydroxyl groups is 1. The maximum Gasteiger partial charge on any atom is 0.345 e. The topological polar surface area (TPSA) is 57.5 Å². The van der Waals surface area contributed by atoms with E-state index in [-0.39, 0.29) is 16.9 Å². The number of carboxylic acid groups (broad SMARTS) is 1. The summed E-state index contributed by atoms with van der Waals surface area (Å²) in [6, 6.07) is 3.64. The molecule has 1 aromatic heterocycles. The number of rotatable bonds is 10. The number of hydrogen-bond donors (Lipinski definition) is 2. The van der Waals surface area contributed by atoms with Gasteiger partial charge in [-0.2, -0.15) is 0 Å². The lowest BCUT2D eigenvalue weighted by Gasteiger charge is -2.45. The molecule has 2 N–H and O–H groups in total. The summed E-state index contributed by atoms with van der Waals surface area (Å²) in [7, 11) is 0. The number of halogens is 1. The van der Waals surface area contributed by atoms with Crippen LogP contribution in [0.4, 0.5) is 0 Å². The maximum absolute atomic E-state index is 11.0. The van der Waals surface area contributed by atoms with Gasteiger partial charge >= 0.3 is 5.97 Å². The Kier molecular flexibility index (Phi) is 7.63. The van der Waals surface area contributed by atoms with Crippen LogP contribution in [0.3, 0.4) is 0 Å². The molecule has 4 atom stereocenters. The Hall–Kier alpha value is -0.840. The maximum atomic E-state index is 11.0. The van der Waals surface area contributed by atoms with Gasteiger partial charge in [0, 0.05) is 10.3 Å². The third kappa shape index (κ3) is 5.01. The van der Waals surface area contributed by atoms with Crippen LogP contribution in [0.1, 0.15) is 79.3 Å². The molecule has 0 amide bonds. The first-order chi connectivity index (χ1) is 13.4. The molecule has 0 aromatic carbocycles. The van der Waals surface area contributed by atoms with Gasteiger partial charge in [-0.15, -0.1) is 22.9 Å². The van der Waals surface area contributed by atoms with Crippen LogP contribution in [0.5, 0.6) is 0 Å². The van der Waals surface area contributed by atoms with Gasteiger partial charge in [0.2, 0.25) is 0 Å². The fraction of sp³-hybridized carbons (Fsp3) is 0.696. The second-order valence-corrected chi connectivity index (χ2v) is 10.4. The minimum atomic E-state index is -0.837. The summed E-state index contributed by atoms with van der Waals surface area (Å²) in [4.78, 5) is 12.6. The van der Waals surface area contributed by atoms with Crippen LogP contribution in [-0.4, -0.2) is 27.7 Å². The smallest absolute Gasteiger partial charge is 0.345 e. The summed E-state index contributed by atoms with van der Waals surface area (Å²) >= 11 is 7.99. The summed E-state index contributed by atoms with van der Waals surface area (Å²) < 4.78 is 0. The minimum absolute atomic E-state index is 0.162. The molecule has 2 aliphatic rings. The molecule has 2 unspecified atom stereocenters. The second kappa shape index (κ2) is 9.77. The third-order valence-electron chi connectivity index (χ3n) is 7.12. The number of carbonyl (C=O) groups is 1. The largest absolute Gasteiger partial charge is 0.477 e. The van der Waals surface area contributed by atoms with Crippen molar-refractivity contribution < 1.29 is 15.0 Å². The Labute approximate surface area is 177 Å². The first-order valence-corrected chi connectivity index (χ1v) is 12.0. The minimum Gasteiger partial charge on any atom is -0.477 e. The number of allylic oxidation sites excluding steroid dienone is 1. The lowest BCUT2D eigenvalue weighted by Crippen LogP contribution is -2.40. The van der Waals surface area contributed by atoms with E-state index >= 15 is 0 Å². The SMILES string of the molecule is CCC1(C(O)CC=CC2[C@@H](CCCc3ccc(C(=O)O)s3)CC[C@H]2Cl)CCC1. The summed E-state index contributed by atoms with van der Waals surface area (Å²) in [5, 5.41) is 19.8. The Bertz CT molecular complexity index is 674. The molecule has 0 bridgehead atoms. The molecular formula is C23H33ClO3S. The molecule has 0 spiro atoms. The first-order valence-electron chi connectivity index (χ1n) is 10.8. The van der Waals surface area contributed by atoms with E-state index in [0.29, 0.717) is 16.7 Å². The van der Waals surface area contributed by atoms with Crippen LogP contribution in [-0.2, 0) is 6.42 Å². The van der Waals surface area contributed by atoms with E-state index in [1.807, 2.05) is 6.07 Å². The van der Waals surface area contributed by atoms with Gasteiger partial charge in [-0.3, -0.25) is 0 Å². The van der Waals surface area contributed by atoms with Crippen molar-refractivity contribution in [1.29, 1.82) is 0 Å². The molecule has 2 saturated carbocycles. The molecule has 1 heterocycles. The summed E-state index contributed by atoms with van der Waals surface area (Å²) in [6.07, 6.45) is 15.0. The van der Waals surface area contributed by atoms with Crippen molar-refractivity contribution >= 4 is 28.9 Å². The predicted molar refractivity (Wildman–Crippen MR) is 116 cm³/mol. The molecule has 2 fully saturated rings. The highest BCUT2D eigenvalue weighted by molar-refractivity contribution is 7.13. The standard InChI is InChI=1S/C23H33ClO3S/c1-2-23(14-5-15-23)21(25)9-4-8-18-16(10-12-19(18)24)6-3-7-17-11-13-20(28-17)22(26)27/h4,8,11,13,16,18-19,21,25H,2-3,5-7,9-10,12,14-15H2,1H3,(H,26,27)/t16-,18?,19+,21?/m0/s1. The molecule has 5 heteroatoms.